The monoisotopic (exact) mass is 384 g/mol. The van der Waals surface area contributed by atoms with Crippen LogP contribution in [0.15, 0.2) is 36.4 Å². The molecule has 0 fully saturated rings. The number of rotatable bonds is 7. The molecule has 1 unspecified atom stereocenters. The number of fused-ring (bicyclic) bond motifs is 1. The van der Waals surface area contributed by atoms with Crippen LogP contribution in [0.1, 0.15) is 41.2 Å². The van der Waals surface area contributed by atoms with Gasteiger partial charge in [-0.2, -0.15) is 5.10 Å². The number of nitrogens with two attached hydrogens (primary N) is 1. The number of carbonyl (C=O) groups is 1. The summed E-state index contributed by atoms with van der Waals surface area (Å²) in [6.45, 7) is 7.59. The molecule has 2 aromatic heterocycles. The topological polar surface area (TPSA) is 64.2 Å². The minimum absolute atomic E-state index is 0.0535. The van der Waals surface area contributed by atoms with Crippen LogP contribution in [0.5, 0.6) is 0 Å². The van der Waals surface area contributed by atoms with Gasteiger partial charge >= 0.3 is 0 Å². The van der Waals surface area contributed by atoms with Gasteiger partial charge < -0.3 is 10.6 Å². The predicted molar refractivity (Wildman–Crippen MR) is 112 cm³/mol. The predicted octanol–water partition coefficient (Wildman–Crippen LogP) is 3.90. The van der Waals surface area contributed by atoms with Gasteiger partial charge in [0.05, 0.1) is 17.1 Å². The average Bonchev–Trinajstić information content (AvgIpc) is 3.21. The van der Waals surface area contributed by atoms with Crippen LogP contribution in [0.3, 0.4) is 0 Å². The largest absolute Gasteiger partial charge is 0.341 e. The number of aryl methyl sites for hydroxylation is 1. The maximum absolute atomic E-state index is 12.8. The Morgan fingerprint density at radius 2 is 2.00 bits per heavy atom. The smallest absolute Gasteiger partial charge is 0.263 e. The molecule has 1 aromatic carbocycles. The van der Waals surface area contributed by atoms with Gasteiger partial charge in [0.15, 0.2) is 0 Å². The number of carbonyl (C=O) groups excluding carboxylic acids is 1. The molecule has 0 saturated heterocycles. The van der Waals surface area contributed by atoms with E-state index >= 15 is 0 Å². The molecule has 0 spiro atoms. The molecule has 3 rings (SSSR count). The number of aromatic nitrogens is 2. The van der Waals surface area contributed by atoms with Gasteiger partial charge in [-0.25, -0.2) is 0 Å². The Labute approximate surface area is 164 Å². The van der Waals surface area contributed by atoms with Crippen LogP contribution >= 0.6 is 11.3 Å². The van der Waals surface area contributed by atoms with Crippen molar-refractivity contribution in [3.05, 3.63) is 52.5 Å². The lowest BCUT2D eigenvalue weighted by atomic mass is 10.0. The van der Waals surface area contributed by atoms with Gasteiger partial charge in [0.2, 0.25) is 0 Å². The highest BCUT2D eigenvalue weighted by Gasteiger charge is 2.20. The minimum atomic E-state index is 0.0535. The summed E-state index contributed by atoms with van der Waals surface area (Å²) in [6.07, 6.45) is 0.811. The van der Waals surface area contributed by atoms with Crippen LogP contribution in [0.2, 0.25) is 0 Å². The number of amides is 1. The fourth-order valence-corrected chi connectivity index (χ4v) is 4.20. The van der Waals surface area contributed by atoms with Crippen molar-refractivity contribution in [2.24, 2.45) is 11.7 Å². The highest BCUT2D eigenvalue weighted by Crippen LogP contribution is 2.29. The third kappa shape index (κ3) is 4.39. The first-order valence-corrected chi connectivity index (χ1v) is 10.2. The average molecular weight is 385 g/mol. The van der Waals surface area contributed by atoms with Crippen molar-refractivity contribution in [2.45, 2.75) is 39.8 Å². The quantitative estimate of drug-likeness (QED) is 0.672. The first-order chi connectivity index (χ1) is 12.9. The summed E-state index contributed by atoms with van der Waals surface area (Å²) in [4.78, 5) is 16.4. The summed E-state index contributed by atoms with van der Waals surface area (Å²) in [7, 11) is 1.85. The zero-order valence-corrected chi connectivity index (χ0v) is 17.3. The van der Waals surface area contributed by atoms with E-state index in [0.29, 0.717) is 19.0 Å². The minimum Gasteiger partial charge on any atom is -0.341 e. The Morgan fingerprint density at radius 1 is 1.30 bits per heavy atom. The van der Waals surface area contributed by atoms with Gasteiger partial charge in [-0.05, 0) is 30.9 Å². The molecule has 1 amide bonds. The van der Waals surface area contributed by atoms with Gasteiger partial charge in [-0.15, -0.1) is 11.3 Å². The lowest BCUT2D eigenvalue weighted by Crippen LogP contribution is -2.34. The number of hydrogen-bond acceptors (Lipinski definition) is 4. The second-order valence-electron chi connectivity index (χ2n) is 7.48. The molecule has 0 aliphatic rings. The summed E-state index contributed by atoms with van der Waals surface area (Å²) in [5, 5.41) is 5.72. The summed E-state index contributed by atoms with van der Waals surface area (Å²) in [5.41, 5.74) is 8.27. The molecule has 144 valence electrons. The van der Waals surface area contributed by atoms with Gasteiger partial charge in [0, 0.05) is 25.0 Å². The van der Waals surface area contributed by atoms with Gasteiger partial charge in [0.1, 0.15) is 4.83 Å². The van der Waals surface area contributed by atoms with Crippen molar-refractivity contribution in [2.75, 3.05) is 13.6 Å². The normalized spacial score (nSPS) is 12.7. The molecule has 2 N–H and O–H groups in total. The molecule has 0 aliphatic heterocycles. The van der Waals surface area contributed by atoms with Crippen LogP contribution in [0, 0.1) is 12.8 Å². The SMILES string of the molecule is Cc1nn(Cc2ccccc2)c2sc(C(=O)N(C)CCC(N)C(C)C)cc12. The summed E-state index contributed by atoms with van der Waals surface area (Å²) < 4.78 is 2.00. The molecule has 2 heterocycles. The van der Waals surface area contributed by atoms with Crippen LogP contribution in [0.25, 0.3) is 10.2 Å². The van der Waals surface area contributed by atoms with Crippen LogP contribution < -0.4 is 5.73 Å². The van der Waals surface area contributed by atoms with E-state index in [1.54, 1.807) is 4.90 Å². The Balaban J connectivity index is 1.78. The number of nitrogens with zero attached hydrogens (tertiary/aromatic N) is 3. The van der Waals surface area contributed by atoms with E-state index in [0.717, 1.165) is 27.2 Å². The maximum Gasteiger partial charge on any atom is 0.263 e. The Kier molecular flexibility index (Phi) is 5.97. The number of benzene rings is 1. The number of hydrogen-bond donors (Lipinski definition) is 1. The van der Waals surface area contributed by atoms with E-state index in [9.17, 15) is 4.79 Å². The van der Waals surface area contributed by atoms with Crippen molar-refractivity contribution < 1.29 is 4.79 Å². The molecule has 1 atom stereocenters. The first kappa shape index (κ1) is 19.6. The standard InChI is InChI=1S/C21H28N4OS/c1-14(2)18(22)10-11-24(4)20(26)19-12-17-15(3)23-25(21(17)27-19)13-16-8-6-5-7-9-16/h5-9,12,14,18H,10-11,13,22H2,1-4H3. The van der Waals surface area contributed by atoms with E-state index in [2.05, 4.69) is 31.1 Å². The van der Waals surface area contributed by atoms with Crippen molar-refractivity contribution in [1.29, 1.82) is 0 Å². The summed E-state index contributed by atoms with van der Waals surface area (Å²) in [5.74, 6) is 0.474. The third-order valence-corrected chi connectivity index (χ3v) is 6.13. The first-order valence-electron chi connectivity index (χ1n) is 9.38. The van der Waals surface area contributed by atoms with Gasteiger partial charge in [0.25, 0.3) is 5.91 Å². The molecule has 0 bridgehead atoms. The van der Waals surface area contributed by atoms with Crippen LogP contribution in [-0.4, -0.2) is 40.2 Å². The molecule has 5 nitrogen and oxygen atoms in total. The molecule has 0 radical (unpaired) electrons. The maximum atomic E-state index is 12.8. The third-order valence-electron chi connectivity index (χ3n) is 4.99. The van der Waals surface area contributed by atoms with E-state index < -0.39 is 0 Å². The highest BCUT2D eigenvalue weighted by molar-refractivity contribution is 7.20. The lowest BCUT2D eigenvalue weighted by molar-refractivity contribution is 0.0794. The van der Waals surface area contributed by atoms with Gasteiger partial charge in [-0.1, -0.05) is 44.2 Å². The summed E-state index contributed by atoms with van der Waals surface area (Å²) in [6, 6.07) is 12.3. The van der Waals surface area contributed by atoms with Crippen molar-refractivity contribution in [3.63, 3.8) is 0 Å². The van der Waals surface area contributed by atoms with Crippen LogP contribution in [-0.2, 0) is 6.54 Å². The second-order valence-corrected chi connectivity index (χ2v) is 8.51. The van der Waals surface area contributed by atoms with Gasteiger partial charge in [-0.3, -0.25) is 9.48 Å². The summed E-state index contributed by atoms with van der Waals surface area (Å²) >= 11 is 1.52. The highest BCUT2D eigenvalue weighted by atomic mass is 32.1. The Bertz CT molecular complexity index is 913. The molecule has 0 saturated carbocycles. The molecule has 3 aromatic rings. The van der Waals surface area contributed by atoms with E-state index in [4.69, 9.17) is 5.73 Å². The zero-order chi connectivity index (χ0) is 19.6. The molecule has 6 heteroatoms. The van der Waals surface area contributed by atoms with E-state index in [1.807, 2.05) is 42.9 Å². The molecular weight excluding hydrogens is 356 g/mol. The van der Waals surface area contributed by atoms with Crippen molar-refractivity contribution in [3.8, 4) is 0 Å². The van der Waals surface area contributed by atoms with Crippen molar-refractivity contribution >= 4 is 27.5 Å². The molecule has 27 heavy (non-hydrogen) atoms. The molecular formula is C21H28N4OS. The second kappa shape index (κ2) is 8.23. The molecule has 0 aliphatic carbocycles. The fraction of sp³-hybridized carbons (Fsp3) is 0.429. The van der Waals surface area contributed by atoms with Crippen molar-refractivity contribution in [1.82, 2.24) is 14.7 Å². The van der Waals surface area contributed by atoms with Crippen LogP contribution in [0.4, 0.5) is 0 Å². The van der Waals surface area contributed by atoms with E-state index in [-0.39, 0.29) is 11.9 Å². The zero-order valence-electron chi connectivity index (χ0n) is 16.5. The lowest BCUT2D eigenvalue weighted by Gasteiger charge is -2.21. The Morgan fingerprint density at radius 3 is 2.67 bits per heavy atom. The van der Waals surface area contributed by atoms with E-state index in [1.165, 1.54) is 16.9 Å². The number of thiophene rings is 1. The fourth-order valence-electron chi connectivity index (χ4n) is 3.05. The Hall–Kier alpha value is -2.18.